The summed E-state index contributed by atoms with van der Waals surface area (Å²) in [6, 6.07) is 11.6. The number of methoxy groups -OCH3 is 2. The molecule has 206 valence electrons. The molecule has 9 heteroatoms. The van der Waals surface area contributed by atoms with Gasteiger partial charge in [-0.1, -0.05) is 25.3 Å². The molecule has 0 atom stereocenters. The second-order valence-corrected chi connectivity index (χ2v) is 12.5. The van der Waals surface area contributed by atoms with Gasteiger partial charge in [0.1, 0.15) is 5.75 Å². The Morgan fingerprint density at radius 3 is 2.49 bits per heavy atom. The van der Waals surface area contributed by atoms with Gasteiger partial charge in [0.15, 0.2) is 0 Å². The zero-order valence-electron chi connectivity index (χ0n) is 22.4. The van der Waals surface area contributed by atoms with Crippen molar-refractivity contribution in [1.82, 2.24) is 8.87 Å². The molecule has 1 saturated heterocycles. The second-order valence-electron chi connectivity index (χ2n) is 10.5. The van der Waals surface area contributed by atoms with Crippen LogP contribution < -0.4 is 4.74 Å². The Bertz CT molecular complexity index is 1560. The fraction of sp³-hybridized carbons (Fsp3) is 0.433. The number of esters is 1. The van der Waals surface area contributed by atoms with E-state index in [1.807, 2.05) is 36.4 Å². The highest BCUT2D eigenvalue weighted by Crippen LogP contribution is 2.47. The van der Waals surface area contributed by atoms with Gasteiger partial charge in [-0.3, -0.25) is 0 Å². The number of carbonyl (C=O) groups is 1. The summed E-state index contributed by atoms with van der Waals surface area (Å²) in [5.41, 5.74) is 5.35. The third-order valence-electron chi connectivity index (χ3n) is 8.32. The summed E-state index contributed by atoms with van der Waals surface area (Å²) in [7, 11) is -0.777. The molecule has 0 radical (unpaired) electrons. The van der Waals surface area contributed by atoms with Crippen molar-refractivity contribution in [2.24, 2.45) is 0 Å². The molecular formula is C30H34N2O6S. The van der Waals surface area contributed by atoms with Crippen molar-refractivity contribution in [2.75, 3.05) is 40.5 Å². The SMILES string of the molecule is COC(=O)c1ccc2c(C3CCCCC3)c3n(c2c1)CC(S(=O)(=O)N1CCOCC1)=Cc1cc(OC)ccc1-3. The Morgan fingerprint density at radius 1 is 1.00 bits per heavy atom. The first kappa shape index (κ1) is 26.1. The highest BCUT2D eigenvalue weighted by molar-refractivity contribution is 7.93. The van der Waals surface area contributed by atoms with E-state index in [0.29, 0.717) is 48.4 Å². The van der Waals surface area contributed by atoms with Crippen LogP contribution in [0.15, 0.2) is 41.3 Å². The third-order valence-corrected chi connectivity index (χ3v) is 10.3. The van der Waals surface area contributed by atoms with Crippen LogP contribution in [0.5, 0.6) is 5.75 Å². The predicted octanol–water partition coefficient (Wildman–Crippen LogP) is 5.17. The molecule has 3 aromatic rings. The lowest BCUT2D eigenvalue weighted by Crippen LogP contribution is -2.41. The van der Waals surface area contributed by atoms with Crippen LogP contribution in [0.2, 0.25) is 0 Å². The number of sulfonamides is 1. The number of nitrogens with zero attached hydrogens (tertiary/aromatic N) is 2. The molecule has 0 unspecified atom stereocenters. The van der Waals surface area contributed by atoms with Crippen LogP contribution in [0.25, 0.3) is 28.2 Å². The van der Waals surface area contributed by atoms with Gasteiger partial charge in [-0.25, -0.2) is 13.2 Å². The molecule has 1 aromatic heterocycles. The van der Waals surface area contributed by atoms with Crippen molar-refractivity contribution in [2.45, 2.75) is 44.6 Å². The van der Waals surface area contributed by atoms with Crippen LogP contribution in [0.1, 0.15) is 59.5 Å². The lowest BCUT2D eigenvalue weighted by atomic mass is 9.81. The van der Waals surface area contributed by atoms with Crippen molar-refractivity contribution in [3.63, 3.8) is 0 Å². The lowest BCUT2D eigenvalue weighted by molar-refractivity contribution is 0.0601. The summed E-state index contributed by atoms with van der Waals surface area (Å²) < 4.78 is 47.7. The van der Waals surface area contributed by atoms with Gasteiger partial charge < -0.3 is 18.8 Å². The van der Waals surface area contributed by atoms with Gasteiger partial charge in [-0.2, -0.15) is 4.31 Å². The summed E-state index contributed by atoms with van der Waals surface area (Å²) >= 11 is 0. The van der Waals surface area contributed by atoms with Crippen molar-refractivity contribution in [1.29, 1.82) is 0 Å². The largest absolute Gasteiger partial charge is 0.497 e. The molecule has 2 aromatic carbocycles. The Kier molecular flexibility index (Phi) is 6.99. The minimum atomic E-state index is -3.77. The number of ether oxygens (including phenoxy) is 3. The highest BCUT2D eigenvalue weighted by Gasteiger charge is 2.34. The maximum absolute atomic E-state index is 14.0. The van der Waals surface area contributed by atoms with E-state index < -0.39 is 16.0 Å². The average Bonchev–Trinajstić information content (AvgIpc) is 3.19. The Labute approximate surface area is 229 Å². The molecule has 3 aliphatic rings. The van der Waals surface area contributed by atoms with E-state index in [9.17, 15) is 13.2 Å². The van der Waals surface area contributed by atoms with Crippen molar-refractivity contribution in [3.8, 4) is 17.0 Å². The minimum absolute atomic E-state index is 0.167. The smallest absolute Gasteiger partial charge is 0.337 e. The molecule has 3 heterocycles. The number of benzene rings is 2. The number of aromatic nitrogens is 1. The molecule has 1 saturated carbocycles. The van der Waals surface area contributed by atoms with Crippen LogP contribution in [0.4, 0.5) is 0 Å². The molecule has 2 fully saturated rings. The molecule has 0 spiro atoms. The number of rotatable bonds is 5. The van der Waals surface area contributed by atoms with E-state index in [4.69, 9.17) is 14.2 Å². The van der Waals surface area contributed by atoms with Crippen molar-refractivity contribution < 1.29 is 27.4 Å². The Hall–Kier alpha value is -3.14. The molecular weight excluding hydrogens is 516 g/mol. The Morgan fingerprint density at radius 2 is 1.77 bits per heavy atom. The molecule has 6 rings (SSSR count). The monoisotopic (exact) mass is 550 g/mol. The van der Waals surface area contributed by atoms with Gasteiger partial charge in [0.2, 0.25) is 10.0 Å². The van der Waals surface area contributed by atoms with Crippen molar-refractivity contribution >= 4 is 33.0 Å². The maximum atomic E-state index is 14.0. The van der Waals surface area contributed by atoms with Gasteiger partial charge in [-0.15, -0.1) is 0 Å². The first-order valence-electron chi connectivity index (χ1n) is 13.6. The van der Waals surface area contributed by atoms with Crippen LogP contribution in [0.3, 0.4) is 0 Å². The van der Waals surface area contributed by atoms with Gasteiger partial charge in [0.05, 0.1) is 50.1 Å². The lowest BCUT2D eigenvalue weighted by Gasteiger charge is -2.27. The van der Waals surface area contributed by atoms with E-state index >= 15 is 0 Å². The quantitative estimate of drug-likeness (QED) is 0.408. The first-order chi connectivity index (χ1) is 18.9. The summed E-state index contributed by atoms with van der Waals surface area (Å²) in [5, 5.41) is 1.07. The summed E-state index contributed by atoms with van der Waals surface area (Å²) in [5.74, 6) is 0.612. The molecule has 0 amide bonds. The van der Waals surface area contributed by atoms with Crippen LogP contribution in [0, 0.1) is 0 Å². The fourth-order valence-electron chi connectivity index (χ4n) is 6.37. The van der Waals surface area contributed by atoms with E-state index in [2.05, 4.69) is 4.57 Å². The molecule has 0 bridgehead atoms. The third kappa shape index (κ3) is 4.56. The highest BCUT2D eigenvalue weighted by atomic mass is 32.2. The number of morpholine rings is 1. The first-order valence-corrected chi connectivity index (χ1v) is 15.1. The average molecular weight is 551 g/mol. The molecule has 39 heavy (non-hydrogen) atoms. The van der Waals surface area contributed by atoms with Crippen molar-refractivity contribution in [3.05, 3.63) is 58.0 Å². The predicted molar refractivity (Wildman–Crippen MR) is 150 cm³/mol. The van der Waals surface area contributed by atoms with E-state index in [1.165, 1.54) is 36.2 Å². The maximum Gasteiger partial charge on any atom is 0.337 e. The molecule has 1 aliphatic carbocycles. The number of hydrogen-bond acceptors (Lipinski definition) is 6. The zero-order valence-corrected chi connectivity index (χ0v) is 23.3. The van der Waals surface area contributed by atoms with Gasteiger partial charge in [-0.05, 0) is 66.3 Å². The zero-order chi connectivity index (χ0) is 27.1. The Balaban J connectivity index is 1.64. The molecule has 2 aliphatic heterocycles. The summed E-state index contributed by atoms with van der Waals surface area (Å²) in [4.78, 5) is 12.8. The van der Waals surface area contributed by atoms with Gasteiger partial charge in [0, 0.05) is 29.6 Å². The molecule has 0 N–H and O–H groups in total. The van der Waals surface area contributed by atoms with Crippen LogP contribution in [-0.4, -0.2) is 63.8 Å². The number of carbonyl (C=O) groups excluding carboxylic acids is 1. The molecule has 8 nitrogen and oxygen atoms in total. The topological polar surface area (TPSA) is 87.1 Å². The van der Waals surface area contributed by atoms with Gasteiger partial charge in [0.25, 0.3) is 0 Å². The van der Waals surface area contributed by atoms with E-state index in [0.717, 1.165) is 40.6 Å². The summed E-state index contributed by atoms with van der Waals surface area (Å²) in [6.45, 7) is 1.57. The van der Waals surface area contributed by atoms with Gasteiger partial charge >= 0.3 is 5.97 Å². The fourth-order valence-corrected chi connectivity index (χ4v) is 7.90. The van der Waals surface area contributed by atoms with E-state index in [-0.39, 0.29) is 6.54 Å². The van der Waals surface area contributed by atoms with Crippen LogP contribution in [-0.2, 0) is 26.0 Å². The normalized spacial score (nSPS) is 18.7. The minimum Gasteiger partial charge on any atom is -0.497 e. The van der Waals surface area contributed by atoms with E-state index in [1.54, 1.807) is 13.2 Å². The standard InChI is InChI=1S/C30H34N2O6S/c1-36-23-9-11-25-22(16-23)17-24(39(34,35)31-12-14-38-15-13-31)19-32-27-18-21(30(33)37-2)8-10-26(27)28(29(25)32)20-6-4-3-5-7-20/h8-11,16-18,20H,3-7,12-15,19H2,1-2H3. The number of fused-ring (bicyclic) bond motifs is 5. The van der Waals surface area contributed by atoms with Crippen LogP contribution >= 0.6 is 0 Å². The number of hydrogen-bond donors (Lipinski definition) is 0. The second kappa shape index (κ2) is 10.4. The number of allylic oxidation sites excluding steroid dienone is 1. The summed E-state index contributed by atoms with van der Waals surface area (Å²) in [6.07, 6.45) is 7.54.